The van der Waals surface area contributed by atoms with E-state index in [1.807, 2.05) is 12.1 Å². The fourth-order valence-corrected chi connectivity index (χ4v) is 1.86. The third kappa shape index (κ3) is 3.22. The number of halogens is 1. The number of hydrogen-bond acceptors (Lipinski definition) is 5. The van der Waals surface area contributed by atoms with Crippen LogP contribution in [0.25, 0.3) is 11.5 Å². The summed E-state index contributed by atoms with van der Waals surface area (Å²) < 4.78 is 29.1. The molecule has 0 saturated carbocycles. The molecule has 1 aromatic heterocycles. The number of hydrogen-bond donors (Lipinski definition) is 0. The molecule has 0 amide bonds. The van der Waals surface area contributed by atoms with E-state index in [9.17, 15) is 4.39 Å². The van der Waals surface area contributed by atoms with Gasteiger partial charge in [-0.05, 0) is 36.4 Å². The van der Waals surface area contributed by atoms with Crippen LogP contribution in [0.2, 0.25) is 0 Å². The summed E-state index contributed by atoms with van der Waals surface area (Å²) in [5.41, 5.74) is 0.654. The highest BCUT2D eigenvalue weighted by Crippen LogP contribution is 2.21. The highest BCUT2D eigenvalue weighted by molar-refractivity contribution is 5.51. The Morgan fingerprint density at radius 3 is 2.59 bits per heavy atom. The summed E-state index contributed by atoms with van der Waals surface area (Å²) in [6, 6.07) is 13.1. The summed E-state index contributed by atoms with van der Waals surface area (Å²) in [6.07, 6.45) is 0. The topological polar surface area (TPSA) is 57.4 Å². The molecule has 0 spiro atoms. The van der Waals surface area contributed by atoms with Gasteiger partial charge in [-0.25, -0.2) is 4.39 Å². The zero-order chi connectivity index (χ0) is 15.4. The lowest BCUT2D eigenvalue weighted by molar-refractivity contribution is 0.263. The molecule has 2 aromatic carbocycles. The maximum Gasteiger partial charge on any atom is 0.254 e. The van der Waals surface area contributed by atoms with E-state index in [1.54, 1.807) is 31.4 Å². The van der Waals surface area contributed by atoms with Crippen molar-refractivity contribution in [1.82, 2.24) is 10.2 Å². The van der Waals surface area contributed by atoms with E-state index < -0.39 is 0 Å². The maximum absolute atomic E-state index is 12.9. The SMILES string of the molecule is COc1cccc(OCc2nnc(-c3ccc(F)cc3)o2)c1. The van der Waals surface area contributed by atoms with Gasteiger partial charge in [0.15, 0.2) is 6.61 Å². The van der Waals surface area contributed by atoms with Crippen LogP contribution in [-0.4, -0.2) is 17.3 Å². The normalized spacial score (nSPS) is 10.5. The van der Waals surface area contributed by atoms with Crippen LogP contribution < -0.4 is 9.47 Å². The molecule has 3 rings (SSSR count). The Kier molecular flexibility index (Phi) is 4.00. The van der Waals surface area contributed by atoms with Crippen molar-refractivity contribution in [2.75, 3.05) is 7.11 Å². The second kappa shape index (κ2) is 6.26. The van der Waals surface area contributed by atoms with Crippen molar-refractivity contribution in [3.8, 4) is 23.0 Å². The molecule has 0 atom stereocenters. The standard InChI is InChI=1S/C16H13FN2O3/c1-20-13-3-2-4-14(9-13)21-10-15-18-19-16(22-15)11-5-7-12(17)8-6-11/h2-9H,10H2,1H3. The minimum absolute atomic E-state index is 0.140. The predicted octanol–water partition coefficient (Wildman–Crippen LogP) is 3.46. The lowest BCUT2D eigenvalue weighted by Crippen LogP contribution is -1.96. The van der Waals surface area contributed by atoms with Crippen molar-refractivity contribution >= 4 is 0 Å². The van der Waals surface area contributed by atoms with E-state index in [-0.39, 0.29) is 12.4 Å². The number of methoxy groups -OCH3 is 1. The van der Waals surface area contributed by atoms with Crippen LogP contribution in [0, 0.1) is 5.82 Å². The predicted molar refractivity (Wildman–Crippen MR) is 77.0 cm³/mol. The molecule has 3 aromatic rings. The van der Waals surface area contributed by atoms with Gasteiger partial charge in [-0.3, -0.25) is 0 Å². The summed E-state index contributed by atoms with van der Waals surface area (Å²) in [7, 11) is 1.59. The second-order valence-electron chi connectivity index (χ2n) is 4.48. The molecule has 0 radical (unpaired) electrons. The molecule has 0 N–H and O–H groups in total. The average molecular weight is 300 g/mol. The number of nitrogens with zero attached hydrogens (tertiary/aromatic N) is 2. The summed E-state index contributed by atoms with van der Waals surface area (Å²) >= 11 is 0. The van der Waals surface area contributed by atoms with Gasteiger partial charge in [0.05, 0.1) is 7.11 Å². The molecule has 0 aliphatic carbocycles. The summed E-state index contributed by atoms with van der Waals surface area (Å²) in [6.45, 7) is 0.140. The van der Waals surface area contributed by atoms with Crippen LogP contribution in [0.3, 0.4) is 0 Å². The van der Waals surface area contributed by atoms with Gasteiger partial charge in [0.2, 0.25) is 5.89 Å². The zero-order valence-corrected chi connectivity index (χ0v) is 11.8. The maximum atomic E-state index is 12.9. The van der Waals surface area contributed by atoms with E-state index >= 15 is 0 Å². The van der Waals surface area contributed by atoms with E-state index in [1.165, 1.54) is 12.1 Å². The van der Waals surface area contributed by atoms with Gasteiger partial charge in [0.25, 0.3) is 5.89 Å². The third-order valence-electron chi connectivity index (χ3n) is 2.96. The van der Waals surface area contributed by atoms with Crippen LogP contribution in [0.4, 0.5) is 4.39 Å². The largest absolute Gasteiger partial charge is 0.497 e. The van der Waals surface area contributed by atoms with Gasteiger partial charge in [0.1, 0.15) is 17.3 Å². The summed E-state index contributed by atoms with van der Waals surface area (Å²) in [5, 5.41) is 7.82. The molecule has 0 aliphatic heterocycles. The van der Waals surface area contributed by atoms with Gasteiger partial charge in [-0.2, -0.15) is 0 Å². The van der Waals surface area contributed by atoms with E-state index in [0.29, 0.717) is 28.8 Å². The smallest absolute Gasteiger partial charge is 0.254 e. The molecule has 5 nitrogen and oxygen atoms in total. The first kappa shape index (κ1) is 14.1. The molecule has 0 fully saturated rings. The Morgan fingerprint density at radius 2 is 1.82 bits per heavy atom. The lowest BCUT2D eigenvalue weighted by Gasteiger charge is -2.05. The van der Waals surface area contributed by atoms with Crippen molar-refractivity contribution < 1.29 is 18.3 Å². The molecule has 1 heterocycles. The summed E-state index contributed by atoms with van der Waals surface area (Å²) in [4.78, 5) is 0. The van der Waals surface area contributed by atoms with Crippen LogP contribution in [-0.2, 0) is 6.61 Å². The molecule has 0 bridgehead atoms. The van der Waals surface area contributed by atoms with Gasteiger partial charge in [0, 0.05) is 11.6 Å². The van der Waals surface area contributed by atoms with Crippen LogP contribution in [0.15, 0.2) is 52.9 Å². The quantitative estimate of drug-likeness (QED) is 0.722. The fraction of sp³-hybridized carbons (Fsp3) is 0.125. The fourth-order valence-electron chi connectivity index (χ4n) is 1.86. The zero-order valence-electron chi connectivity index (χ0n) is 11.8. The monoisotopic (exact) mass is 300 g/mol. The number of benzene rings is 2. The molecular formula is C16H13FN2O3. The Bertz CT molecular complexity index is 756. The molecule has 22 heavy (non-hydrogen) atoms. The van der Waals surface area contributed by atoms with Gasteiger partial charge >= 0.3 is 0 Å². The minimum atomic E-state index is -0.315. The van der Waals surface area contributed by atoms with Crippen LogP contribution >= 0.6 is 0 Å². The first-order valence-corrected chi connectivity index (χ1v) is 6.60. The van der Waals surface area contributed by atoms with Gasteiger partial charge in [-0.15, -0.1) is 10.2 Å². The Hall–Kier alpha value is -2.89. The van der Waals surface area contributed by atoms with Crippen molar-refractivity contribution in [2.24, 2.45) is 0 Å². The molecule has 0 aliphatic rings. The molecule has 112 valence electrons. The third-order valence-corrected chi connectivity index (χ3v) is 2.96. The number of ether oxygens (including phenoxy) is 2. The Balaban J connectivity index is 1.67. The highest BCUT2D eigenvalue weighted by Gasteiger charge is 2.09. The Morgan fingerprint density at radius 1 is 1.05 bits per heavy atom. The number of aromatic nitrogens is 2. The van der Waals surface area contributed by atoms with Gasteiger partial charge < -0.3 is 13.9 Å². The van der Waals surface area contributed by atoms with E-state index in [0.717, 1.165) is 0 Å². The van der Waals surface area contributed by atoms with Crippen LogP contribution in [0.5, 0.6) is 11.5 Å². The lowest BCUT2D eigenvalue weighted by atomic mass is 10.2. The summed E-state index contributed by atoms with van der Waals surface area (Å²) in [5.74, 6) is 1.69. The second-order valence-corrected chi connectivity index (χ2v) is 4.48. The van der Waals surface area contributed by atoms with Crippen molar-refractivity contribution in [3.05, 3.63) is 60.2 Å². The first-order valence-electron chi connectivity index (χ1n) is 6.60. The minimum Gasteiger partial charge on any atom is -0.497 e. The van der Waals surface area contributed by atoms with Gasteiger partial charge in [-0.1, -0.05) is 6.07 Å². The van der Waals surface area contributed by atoms with Crippen LogP contribution in [0.1, 0.15) is 5.89 Å². The molecule has 0 unspecified atom stereocenters. The molecule has 0 saturated heterocycles. The Labute approximate surface area is 126 Å². The average Bonchev–Trinajstić information content (AvgIpc) is 3.03. The molecular weight excluding hydrogens is 287 g/mol. The van der Waals surface area contributed by atoms with Crippen molar-refractivity contribution in [2.45, 2.75) is 6.61 Å². The highest BCUT2D eigenvalue weighted by atomic mass is 19.1. The van der Waals surface area contributed by atoms with Crippen molar-refractivity contribution in [3.63, 3.8) is 0 Å². The first-order chi connectivity index (χ1) is 10.7. The van der Waals surface area contributed by atoms with Crippen molar-refractivity contribution in [1.29, 1.82) is 0 Å². The molecule has 6 heteroatoms. The van der Waals surface area contributed by atoms with E-state index in [2.05, 4.69) is 10.2 Å². The van der Waals surface area contributed by atoms with E-state index in [4.69, 9.17) is 13.9 Å². The number of rotatable bonds is 5.